The van der Waals surface area contributed by atoms with Crippen LogP contribution in [0.4, 0.5) is 0 Å². The number of ether oxygens (including phenoxy) is 2. The second-order valence-corrected chi connectivity index (χ2v) is 10.8. The Morgan fingerprint density at radius 3 is 1.60 bits per heavy atom. The van der Waals surface area contributed by atoms with Crippen LogP contribution >= 0.6 is 0 Å². The average Bonchev–Trinajstić information content (AvgIpc) is 2.74. The Bertz CT molecular complexity index is 1060. The normalized spacial score (nSPS) is 12.3. The lowest BCUT2D eigenvalue weighted by molar-refractivity contribution is -0.161. The Morgan fingerprint density at radius 1 is 0.800 bits per heavy atom. The van der Waals surface area contributed by atoms with Crippen LogP contribution in [0.15, 0.2) is 36.4 Å². The maximum atomic E-state index is 14.3. The number of hydrogen-bond acceptors (Lipinski definition) is 6. The largest absolute Gasteiger partial charge is 0.507 e. The van der Waals surface area contributed by atoms with E-state index in [2.05, 4.69) is 0 Å². The number of Topliss-reactive ketones (excluding diaryl/α,β-unsaturated/α-hetero) is 1. The lowest BCUT2D eigenvalue weighted by Gasteiger charge is -2.33. The zero-order chi connectivity index (χ0) is 26.8. The molecule has 0 bridgehead atoms. The number of carbonyl (C=O) groups is 3. The van der Waals surface area contributed by atoms with Gasteiger partial charge in [-0.2, -0.15) is 0 Å². The summed E-state index contributed by atoms with van der Waals surface area (Å²) in [4.78, 5) is 41.7. The first kappa shape index (κ1) is 28.1. The number of aromatic hydroxyl groups is 1. The summed E-state index contributed by atoms with van der Waals surface area (Å²) in [6.45, 7) is 16.4. The van der Waals surface area contributed by atoms with E-state index < -0.39 is 34.0 Å². The van der Waals surface area contributed by atoms with Gasteiger partial charge >= 0.3 is 11.9 Å². The van der Waals surface area contributed by atoms with Crippen molar-refractivity contribution in [2.75, 3.05) is 13.2 Å². The molecule has 0 saturated carbocycles. The van der Waals surface area contributed by atoms with Gasteiger partial charge in [0.2, 0.25) is 0 Å². The summed E-state index contributed by atoms with van der Waals surface area (Å²) in [5.74, 6) is -2.66. The van der Waals surface area contributed by atoms with E-state index >= 15 is 0 Å². The van der Waals surface area contributed by atoms with Crippen LogP contribution in [-0.2, 0) is 35.3 Å². The zero-order valence-electron chi connectivity index (χ0n) is 22.4. The Labute approximate surface area is 208 Å². The molecule has 0 saturated heterocycles. The molecule has 2 aromatic carbocycles. The maximum Gasteiger partial charge on any atom is 0.336 e. The number of rotatable bonds is 7. The Hall–Kier alpha value is -3.15. The van der Waals surface area contributed by atoms with Crippen molar-refractivity contribution in [3.63, 3.8) is 0 Å². The molecule has 0 atom stereocenters. The van der Waals surface area contributed by atoms with Gasteiger partial charge in [-0.25, -0.2) is 9.59 Å². The smallest absolute Gasteiger partial charge is 0.336 e. The molecule has 0 heterocycles. The van der Waals surface area contributed by atoms with E-state index in [1.54, 1.807) is 57.2 Å². The molecule has 2 rings (SSSR count). The molecular formula is C29H38O6. The number of hydrogen-bond donors (Lipinski definition) is 1. The molecule has 0 fully saturated rings. The van der Waals surface area contributed by atoms with Crippen molar-refractivity contribution >= 4 is 17.7 Å². The first-order chi connectivity index (χ1) is 16.1. The lowest BCUT2D eigenvalue weighted by Crippen LogP contribution is -2.53. The minimum Gasteiger partial charge on any atom is -0.507 e. The molecule has 2 aromatic rings. The van der Waals surface area contributed by atoms with Gasteiger partial charge in [-0.3, -0.25) is 4.79 Å². The van der Waals surface area contributed by atoms with Crippen LogP contribution in [0, 0.1) is 6.92 Å². The van der Waals surface area contributed by atoms with Crippen LogP contribution in [-0.4, -0.2) is 36.0 Å². The molecule has 190 valence electrons. The summed E-state index contributed by atoms with van der Waals surface area (Å²) in [6.07, 6.45) is 0. The van der Waals surface area contributed by atoms with Crippen LogP contribution in [0.25, 0.3) is 0 Å². The molecule has 0 aliphatic rings. The van der Waals surface area contributed by atoms with Crippen LogP contribution in [0.2, 0.25) is 0 Å². The molecular weight excluding hydrogens is 444 g/mol. The summed E-state index contributed by atoms with van der Waals surface area (Å²) in [7, 11) is 0. The quantitative estimate of drug-likeness (QED) is 0.316. The highest BCUT2D eigenvalue weighted by atomic mass is 16.6. The number of esters is 2. The van der Waals surface area contributed by atoms with Gasteiger partial charge in [0.15, 0.2) is 5.78 Å². The highest BCUT2D eigenvalue weighted by Crippen LogP contribution is 2.44. The summed E-state index contributed by atoms with van der Waals surface area (Å²) in [5.41, 5.74) is -1.54. The average molecular weight is 483 g/mol. The number of benzene rings is 2. The maximum absolute atomic E-state index is 14.3. The van der Waals surface area contributed by atoms with Crippen LogP contribution < -0.4 is 0 Å². The molecule has 0 spiro atoms. The number of carbonyl (C=O) groups excluding carboxylic acids is 3. The highest BCUT2D eigenvalue weighted by molar-refractivity contribution is 6.31. The molecule has 1 N–H and O–H groups in total. The van der Waals surface area contributed by atoms with E-state index in [0.717, 1.165) is 0 Å². The van der Waals surface area contributed by atoms with Gasteiger partial charge in [-0.1, -0.05) is 65.8 Å². The Kier molecular flexibility index (Phi) is 8.21. The van der Waals surface area contributed by atoms with Crippen molar-refractivity contribution in [3.8, 4) is 5.75 Å². The fourth-order valence-corrected chi connectivity index (χ4v) is 4.14. The molecule has 6 heteroatoms. The molecule has 0 amide bonds. The second-order valence-electron chi connectivity index (χ2n) is 10.8. The monoisotopic (exact) mass is 482 g/mol. The van der Waals surface area contributed by atoms with Gasteiger partial charge in [0, 0.05) is 5.56 Å². The van der Waals surface area contributed by atoms with Gasteiger partial charge in [-0.15, -0.1) is 0 Å². The molecule has 0 aliphatic heterocycles. The van der Waals surface area contributed by atoms with Crippen molar-refractivity contribution in [3.05, 3.63) is 64.2 Å². The van der Waals surface area contributed by atoms with Crippen LogP contribution in [0.1, 0.15) is 88.0 Å². The van der Waals surface area contributed by atoms with Crippen LogP contribution in [0.5, 0.6) is 5.75 Å². The van der Waals surface area contributed by atoms with E-state index in [0.29, 0.717) is 16.7 Å². The van der Waals surface area contributed by atoms with E-state index in [1.807, 2.05) is 41.5 Å². The fourth-order valence-electron chi connectivity index (χ4n) is 4.14. The first-order valence-electron chi connectivity index (χ1n) is 12.0. The first-order valence-corrected chi connectivity index (χ1v) is 12.0. The minimum atomic E-state index is -2.40. The summed E-state index contributed by atoms with van der Waals surface area (Å²) < 4.78 is 10.7. The van der Waals surface area contributed by atoms with Crippen molar-refractivity contribution in [1.29, 1.82) is 0 Å². The SMILES string of the molecule is CCOC(=O)C(C(=O)OCC)(C(=O)c1ccccc1C)c1cc(C(C)(C)C)c(O)c(C(C)(C)C)c1. The number of ketones is 1. The lowest BCUT2D eigenvalue weighted by atomic mass is 9.69. The van der Waals surface area contributed by atoms with Crippen molar-refractivity contribution in [2.24, 2.45) is 0 Å². The zero-order valence-corrected chi connectivity index (χ0v) is 22.4. The standard InChI is InChI=1S/C29H38O6/c1-10-34-25(32)29(26(33)35-11-2,24(31)20-15-13-12-14-18(20)3)19-16-21(27(4,5)6)23(30)22(17-19)28(7,8)9/h12-17,30H,10-11H2,1-9H3. The predicted molar refractivity (Wildman–Crippen MR) is 136 cm³/mol. The van der Waals surface area contributed by atoms with E-state index in [9.17, 15) is 19.5 Å². The topological polar surface area (TPSA) is 89.9 Å². The fraction of sp³-hybridized carbons (Fsp3) is 0.483. The number of phenols is 1. The third-order valence-electron chi connectivity index (χ3n) is 6.05. The van der Waals surface area contributed by atoms with E-state index in [1.165, 1.54) is 0 Å². The summed E-state index contributed by atoms with van der Waals surface area (Å²) in [5, 5.41) is 11.2. The third-order valence-corrected chi connectivity index (χ3v) is 6.05. The Morgan fingerprint density at radius 2 is 1.23 bits per heavy atom. The molecule has 0 radical (unpaired) electrons. The van der Waals surface area contributed by atoms with Gasteiger partial charge in [0.05, 0.1) is 13.2 Å². The van der Waals surface area contributed by atoms with Crippen LogP contribution in [0.3, 0.4) is 0 Å². The number of aryl methyl sites for hydroxylation is 1. The third kappa shape index (κ3) is 5.26. The molecule has 35 heavy (non-hydrogen) atoms. The van der Waals surface area contributed by atoms with E-state index in [4.69, 9.17) is 9.47 Å². The molecule has 6 nitrogen and oxygen atoms in total. The molecule has 0 aliphatic carbocycles. The van der Waals surface area contributed by atoms with Gasteiger partial charge in [-0.05, 0) is 66.0 Å². The van der Waals surface area contributed by atoms with E-state index in [-0.39, 0.29) is 30.1 Å². The van der Waals surface area contributed by atoms with Gasteiger partial charge < -0.3 is 14.6 Å². The van der Waals surface area contributed by atoms with Crippen molar-refractivity contribution in [2.45, 2.75) is 78.6 Å². The Balaban J connectivity index is 3.13. The molecule has 0 unspecified atom stereocenters. The van der Waals surface area contributed by atoms with Gasteiger partial charge in [0.1, 0.15) is 5.75 Å². The predicted octanol–water partition coefficient (Wildman–Crippen LogP) is 5.54. The van der Waals surface area contributed by atoms with Crippen molar-refractivity contribution in [1.82, 2.24) is 0 Å². The second kappa shape index (κ2) is 10.2. The van der Waals surface area contributed by atoms with Crippen molar-refractivity contribution < 1.29 is 29.0 Å². The molecule has 0 aromatic heterocycles. The summed E-state index contributed by atoms with van der Waals surface area (Å²) in [6, 6.07) is 9.91. The van der Waals surface area contributed by atoms with Gasteiger partial charge in [0.25, 0.3) is 5.41 Å². The highest BCUT2D eigenvalue weighted by Gasteiger charge is 2.58. The minimum absolute atomic E-state index is 0.0304. The summed E-state index contributed by atoms with van der Waals surface area (Å²) >= 11 is 0. The number of phenolic OH excluding ortho intramolecular Hbond substituents is 1.